The van der Waals surface area contributed by atoms with E-state index in [1.165, 1.54) is 0 Å². The van der Waals surface area contributed by atoms with Crippen LogP contribution in [-0.4, -0.2) is 4.92 Å². The highest BCUT2D eigenvalue weighted by atomic mass is 16.6. The summed E-state index contributed by atoms with van der Waals surface area (Å²) < 4.78 is 0. The van der Waals surface area contributed by atoms with E-state index in [1.54, 1.807) is 19.1 Å². The Hall–Kier alpha value is -2.16. The van der Waals surface area contributed by atoms with Crippen LogP contribution in [0.4, 0.5) is 5.69 Å². The highest BCUT2D eigenvalue weighted by Gasteiger charge is 2.10. The van der Waals surface area contributed by atoms with E-state index in [9.17, 15) is 10.1 Å². The van der Waals surface area contributed by atoms with E-state index < -0.39 is 0 Å². The smallest absolute Gasteiger partial charge is 0.258 e. The van der Waals surface area contributed by atoms with Gasteiger partial charge in [-0.2, -0.15) is 0 Å². The number of rotatable bonds is 2. The lowest BCUT2D eigenvalue weighted by Gasteiger charge is -2.03. The molecule has 0 spiro atoms. The van der Waals surface area contributed by atoms with Gasteiger partial charge in [0.15, 0.2) is 0 Å². The molecule has 79 valence electrons. The zero-order valence-electron chi connectivity index (χ0n) is 8.81. The number of benzene rings is 2. The van der Waals surface area contributed by atoms with Crippen molar-refractivity contribution in [2.24, 2.45) is 0 Å². The summed E-state index contributed by atoms with van der Waals surface area (Å²) in [5.41, 5.74) is 2.86. The number of aryl methyl sites for hydroxylation is 1. The van der Waals surface area contributed by atoms with Crippen LogP contribution in [0, 0.1) is 23.1 Å². The number of nitrogens with zero attached hydrogens (tertiary/aromatic N) is 1. The molecule has 0 aliphatic heterocycles. The van der Waals surface area contributed by atoms with Gasteiger partial charge in [0.1, 0.15) is 0 Å². The molecular weight excluding hydrogens is 202 g/mol. The third-order valence-electron chi connectivity index (χ3n) is 2.45. The van der Waals surface area contributed by atoms with Gasteiger partial charge in [0, 0.05) is 11.6 Å². The van der Waals surface area contributed by atoms with Gasteiger partial charge in [0.25, 0.3) is 5.69 Å². The Morgan fingerprint density at radius 2 is 1.81 bits per heavy atom. The van der Waals surface area contributed by atoms with Crippen molar-refractivity contribution in [3.63, 3.8) is 0 Å². The summed E-state index contributed by atoms with van der Waals surface area (Å²) in [6, 6.07) is 15.6. The highest BCUT2D eigenvalue weighted by Crippen LogP contribution is 2.25. The van der Waals surface area contributed by atoms with Crippen LogP contribution in [-0.2, 0) is 0 Å². The normalized spacial score (nSPS) is 10.1. The first-order chi connectivity index (χ1) is 7.68. The molecule has 0 aromatic heterocycles. The molecular formula is C13H10NO2. The molecule has 2 aromatic rings. The lowest BCUT2D eigenvalue weighted by molar-refractivity contribution is -0.385. The third kappa shape index (κ3) is 1.93. The van der Waals surface area contributed by atoms with Crippen molar-refractivity contribution in [1.29, 1.82) is 0 Å². The first-order valence-corrected chi connectivity index (χ1v) is 4.90. The lowest BCUT2D eigenvalue weighted by atomic mass is 10.0. The van der Waals surface area contributed by atoms with Crippen LogP contribution in [0.25, 0.3) is 11.1 Å². The minimum atomic E-state index is -0.363. The minimum Gasteiger partial charge on any atom is -0.258 e. The summed E-state index contributed by atoms with van der Waals surface area (Å²) in [5, 5.41) is 10.7. The minimum absolute atomic E-state index is 0.159. The van der Waals surface area contributed by atoms with E-state index in [-0.39, 0.29) is 10.6 Å². The zero-order valence-corrected chi connectivity index (χ0v) is 8.81. The first kappa shape index (κ1) is 10.4. The third-order valence-corrected chi connectivity index (χ3v) is 2.45. The maximum atomic E-state index is 10.7. The van der Waals surface area contributed by atoms with Crippen LogP contribution in [0.5, 0.6) is 0 Å². The maximum Gasteiger partial charge on any atom is 0.272 e. The predicted molar refractivity (Wildman–Crippen MR) is 62.1 cm³/mol. The fourth-order valence-electron chi connectivity index (χ4n) is 1.62. The number of nitro benzene ring substituents is 1. The highest BCUT2D eigenvalue weighted by molar-refractivity contribution is 5.66. The summed E-state index contributed by atoms with van der Waals surface area (Å²) in [6.45, 7) is 1.75. The molecule has 0 saturated heterocycles. The molecule has 0 heterocycles. The van der Waals surface area contributed by atoms with Crippen molar-refractivity contribution in [3.05, 3.63) is 64.2 Å². The average molecular weight is 212 g/mol. The second-order valence-corrected chi connectivity index (χ2v) is 3.55. The van der Waals surface area contributed by atoms with Gasteiger partial charge in [-0.1, -0.05) is 24.3 Å². The number of nitro groups is 1. The molecule has 0 aliphatic rings. The molecule has 0 fully saturated rings. The van der Waals surface area contributed by atoms with Gasteiger partial charge in [-0.05, 0) is 36.2 Å². The predicted octanol–water partition coefficient (Wildman–Crippen LogP) is 3.37. The Balaban J connectivity index is 2.46. The quantitative estimate of drug-likeness (QED) is 0.565. The monoisotopic (exact) mass is 212 g/mol. The lowest BCUT2D eigenvalue weighted by Crippen LogP contribution is -1.91. The maximum absolute atomic E-state index is 10.7. The molecule has 2 rings (SSSR count). The molecule has 0 atom stereocenters. The molecule has 2 aromatic carbocycles. The van der Waals surface area contributed by atoms with Gasteiger partial charge in [0.2, 0.25) is 0 Å². The van der Waals surface area contributed by atoms with Crippen molar-refractivity contribution < 1.29 is 4.92 Å². The van der Waals surface area contributed by atoms with Gasteiger partial charge < -0.3 is 0 Å². The Labute approximate surface area is 93.5 Å². The van der Waals surface area contributed by atoms with E-state index in [0.717, 1.165) is 11.1 Å². The van der Waals surface area contributed by atoms with Crippen LogP contribution in [0.2, 0.25) is 0 Å². The van der Waals surface area contributed by atoms with E-state index >= 15 is 0 Å². The molecule has 3 heteroatoms. The van der Waals surface area contributed by atoms with Crippen LogP contribution < -0.4 is 0 Å². The molecule has 0 unspecified atom stereocenters. The van der Waals surface area contributed by atoms with E-state index in [0.29, 0.717) is 5.56 Å². The largest absolute Gasteiger partial charge is 0.272 e. The van der Waals surface area contributed by atoms with Crippen molar-refractivity contribution in [1.82, 2.24) is 0 Å². The SMILES string of the molecule is Cc1cc(-c2cc[c]cc2)ccc1[N+](=O)[O-]. The van der Waals surface area contributed by atoms with E-state index in [1.807, 2.05) is 30.3 Å². The van der Waals surface area contributed by atoms with Gasteiger partial charge in [-0.15, -0.1) is 0 Å². The molecule has 0 aliphatic carbocycles. The Morgan fingerprint density at radius 1 is 1.12 bits per heavy atom. The van der Waals surface area contributed by atoms with Crippen molar-refractivity contribution >= 4 is 5.69 Å². The topological polar surface area (TPSA) is 43.1 Å². The van der Waals surface area contributed by atoms with E-state index in [4.69, 9.17) is 0 Å². The van der Waals surface area contributed by atoms with Crippen LogP contribution >= 0.6 is 0 Å². The van der Waals surface area contributed by atoms with Crippen LogP contribution in [0.3, 0.4) is 0 Å². The molecule has 0 saturated carbocycles. The van der Waals surface area contributed by atoms with Gasteiger partial charge in [-0.25, -0.2) is 0 Å². The van der Waals surface area contributed by atoms with Crippen LogP contribution in [0.1, 0.15) is 5.56 Å². The summed E-state index contributed by atoms with van der Waals surface area (Å²) in [4.78, 5) is 10.3. The molecule has 0 N–H and O–H groups in total. The molecule has 0 bridgehead atoms. The fraction of sp³-hybridized carbons (Fsp3) is 0.0769. The van der Waals surface area contributed by atoms with Crippen LogP contribution in [0.15, 0.2) is 42.5 Å². The van der Waals surface area contributed by atoms with Gasteiger partial charge in [-0.3, -0.25) is 10.1 Å². The van der Waals surface area contributed by atoms with Crippen molar-refractivity contribution in [2.75, 3.05) is 0 Å². The molecule has 16 heavy (non-hydrogen) atoms. The van der Waals surface area contributed by atoms with Gasteiger partial charge >= 0.3 is 0 Å². The second-order valence-electron chi connectivity index (χ2n) is 3.55. The molecule has 0 amide bonds. The number of hydrogen-bond acceptors (Lipinski definition) is 2. The summed E-state index contributed by atoms with van der Waals surface area (Å²) >= 11 is 0. The summed E-state index contributed by atoms with van der Waals surface area (Å²) in [6.07, 6.45) is 0. The Kier molecular flexibility index (Phi) is 2.68. The number of hydrogen-bond donors (Lipinski definition) is 0. The second kappa shape index (κ2) is 4.14. The van der Waals surface area contributed by atoms with E-state index in [2.05, 4.69) is 6.07 Å². The van der Waals surface area contributed by atoms with Crippen molar-refractivity contribution in [3.8, 4) is 11.1 Å². The summed E-state index contributed by atoms with van der Waals surface area (Å²) in [7, 11) is 0. The Morgan fingerprint density at radius 3 is 2.38 bits per heavy atom. The zero-order chi connectivity index (χ0) is 11.5. The standard InChI is InChI=1S/C13H10NO2/c1-10-9-12(7-8-13(10)14(15)16)11-5-3-2-4-6-11/h3-9H,1H3. The fourth-order valence-corrected chi connectivity index (χ4v) is 1.62. The average Bonchev–Trinajstić information content (AvgIpc) is 2.29. The summed E-state index contributed by atoms with van der Waals surface area (Å²) in [5.74, 6) is 0. The Bertz CT molecular complexity index is 521. The molecule has 3 nitrogen and oxygen atoms in total. The van der Waals surface area contributed by atoms with Crippen molar-refractivity contribution in [2.45, 2.75) is 6.92 Å². The molecule has 1 radical (unpaired) electrons. The first-order valence-electron chi connectivity index (χ1n) is 4.90. The van der Waals surface area contributed by atoms with Gasteiger partial charge in [0.05, 0.1) is 4.92 Å².